The second-order valence-electron chi connectivity index (χ2n) is 4.59. The predicted molar refractivity (Wildman–Crippen MR) is 60.7 cm³/mol. The quantitative estimate of drug-likeness (QED) is 0.767. The molecule has 2 fully saturated rings. The number of nitrogens with one attached hydrogen (secondary N) is 2. The van der Waals surface area contributed by atoms with Gasteiger partial charge >= 0.3 is 0 Å². The summed E-state index contributed by atoms with van der Waals surface area (Å²) in [5.41, 5.74) is 1.15. The van der Waals surface area contributed by atoms with Crippen molar-refractivity contribution in [2.45, 2.75) is 44.3 Å². The molecule has 0 spiro atoms. The first-order valence-electron chi connectivity index (χ1n) is 5.86. The summed E-state index contributed by atoms with van der Waals surface area (Å²) < 4.78 is 0. The molecule has 0 saturated heterocycles. The van der Waals surface area contributed by atoms with E-state index in [2.05, 4.69) is 33.8 Å². The van der Waals surface area contributed by atoms with Crippen LogP contribution in [0.15, 0.2) is 18.2 Å². The van der Waals surface area contributed by atoms with Gasteiger partial charge in [0.15, 0.2) is 0 Å². The number of pyridine rings is 1. The van der Waals surface area contributed by atoms with Gasteiger partial charge in [-0.2, -0.15) is 0 Å². The van der Waals surface area contributed by atoms with Crippen LogP contribution >= 0.6 is 0 Å². The summed E-state index contributed by atoms with van der Waals surface area (Å²) in [4.78, 5) is 4.58. The van der Waals surface area contributed by atoms with Crippen molar-refractivity contribution in [2.75, 3.05) is 5.32 Å². The highest BCUT2D eigenvalue weighted by atomic mass is 15.1. The highest BCUT2D eigenvalue weighted by Crippen LogP contribution is 2.23. The molecule has 3 nitrogen and oxygen atoms in total. The topological polar surface area (TPSA) is 37.0 Å². The van der Waals surface area contributed by atoms with Gasteiger partial charge in [0, 0.05) is 18.6 Å². The zero-order valence-electron chi connectivity index (χ0n) is 8.87. The summed E-state index contributed by atoms with van der Waals surface area (Å²) in [7, 11) is 0. The minimum absolute atomic E-state index is 0.684. The van der Waals surface area contributed by atoms with Crippen LogP contribution in [0.25, 0.3) is 0 Å². The number of hydrogen-bond donors (Lipinski definition) is 2. The Bertz CT molecular complexity index is 342. The normalized spacial score (nSPS) is 20.3. The fraction of sp³-hybridized carbons (Fsp3) is 0.583. The Hall–Kier alpha value is -1.09. The molecule has 2 N–H and O–H groups in total. The molecule has 0 aliphatic heterocycles. The largest absolute Gasteiger partial charge is 0.367 e. The number of hydrogen-bond acceptors (Lipinski definition) is 3. The zero-order chi connectivity index (χ0) is 10.1. The van der Waals surface area contributed by atoms with Crippen LogP contribution < -0.4 is 10.6 Å². The van der Waals surface area contributed by atoms with Crippen LogP contribution in [0.1, 0.15) is 31.4 Å². The molecule has 3 heteroatoms. The summed E-state index contributed by atoms with van der Waals surface area (Å²) in [5, 5.41) is 6.90. The summed E-state index contributed by atoms with van der Waals surface area (Å²) in [5.74, 6) is 1.03. The number of nitrogens with zero attached hydrogens (tertiary/aromatic N) is 1. The van der Waals surface area contributed by atoms with E-state index < -0.39 is 0 Å². The molecule has 0 atom stereocenters. The SMILES string of the molecule is c1cc(CNC2CC2)nc(NC2CC2)c1. The highest BCUT2D eigenvalue weighted by Gasteiger charge is 2.22. The van der Waals surface area contributed by atoms with Crippen LogP contribution in [0.4, 0.5) is 5.82 Å². The number of aromatic nitrogens is 1. The van der Waals surface area contributed by atoms with Crippen molar-refractivity contribution in [1.82, 2.24) is 10.3 Å². The van der Waals surface area contributed by atoms with Crippen LogP contribution in [0.3, 0.4) is 0 Å². The Morgan fingerprint density at radius 1 is 1.13 bits per heavy atom. The molecular weight excluding hydrogens is 186 g/mol. The maximum atomic E-state index is 4.58. The lowest BCUT2D eigenvalue weighted by Crippen LogP contribution is -2.16. The third-order valence-electron chi connectivity index (χ3n) is 2.89. The van der Waals surface area contributed by atoms with E-state index in [0.717, 1.165) is 24.1 Å². The van der Waals surface area contributed by atoms with Crippen molar-refractivity contribution < 1.29 is 0 Å². The fourth-order valence-electron chi connectivity index (χ4n) is 1.63. The predicted octanol–water partition coefficient (Wildman–Crippen LogP) is 1.91. The van der Waals surface area contributed by atoms with Gasteiger partial charge in [-0.1, -0.05) is 6.07 Å². The van der Waals surface area contributed by atoms with Gasteiger partial charge in [0.2, 0.25) is 0 Å². The third kappa shape index (κ3) is 2.69. The van der Waals surface area contributed by atoms with E-state index in [4.69, 9.17) is 0 Å². The second-order valence-corrected chi connectivity index (χ2v) is 4.59. The molecular formula is C12H17N3. The summed E-state index contributed by atoms with van der Waals surface area (Å²) in [6.07, 6.45) is 5.26. The van der Waals surface area contributed by atoms with Gasteiger partial charge in [-0.3, -0.25) is 0 Å². The van der Waals surface area contributed by atoms with Gasteiger partial charge in [-0.15, -0.1) is 0 Å². The Kier molecular flexibility index (Phi) is 2.33. The van der Waals surface area contributed by atoms with Gasteiger partial charge in [0.25, 0.3) is 0 Å². The van der Waals surface area contributed by atoms with Gasteiger partial charge in [0.1, 0.15) is 5.82 Å². The van der Waals surface area contributed by atoms with E-state index in [9.17, 15) is 0 Å². The monoisotopic (exact) mass is 203 g/mol. The van der Waals surface area contributed by atoms with Gasteiger partial charge in [-0.25, -0.2) is 4.98 Å². The van der Waals surface area contributed by atoms with Crippen LogP contribution in [-0.4, -0.2) is 17.1 Å². The molecule has 0 amide bonds. The van der Waals surface area contributed by atoms with Crippen molar-refractivity contribution in [3.05, 3.63) is 23.9 Å². The maximum Gasteiger partial charge on any atom is 0.126 e. The lowest BCUT2D eigenvalue weighted by Gasteiger charge is -2.06. The van der Waals surface area contributed by atoms with Crippen molar-refractivity contribution >= 4 is 5.82 Å². The smallest absolute Gasteiger partial charge is 0.126 e. The van der Waals surface area contributed by atoms with E-state index in [0.29, 0.717) is 6.04 Å². The van der Waals surface area contributed by atoms with E-state index in [-0.39, 0.29) is 0 Å². The van der Waals surface area contributed by atoms with Crippen molar-refractivity contribution in [2.24, 2.45) is 0 Å². The van der Waals surface area contributed by atoms with E-state index in [1.165, 1.54) is 25.7 Å². The van der Waals surface area contributed by atoms with E-state index in [1.807, 2.05) is 0 Å². The van der Waals surface area contributed by atoms with Crippen LogP contribution in [-0.2, 0) is 6.54 Å². The first kappa shape index (κ1) is 9.16. The minimum Gasteiger partial charge on any atom is -0.367 e. The molecule has 0 radical (unpaired) electrons. The Labute approximate surface area is 90.3 Å². The van der Waals surface area contributed by atoms with E-state index >= 15 is 0 Å². The fourth-order valence-corrected chi connectivity index (χ4v) is 1.63. The standard InChI is InChI=1S/C12H17N3/c1-2-11(8-13-9-4-5-9)15-12(3-1)14-10-6-7-10/h1-3,9-10,13H,4-8H2,(H,14,15). The molecule has 2 aliphatic carbocycles. The maximum absolute atomic E-state index is 4.58. The highest BCUT2D eigenvalue weighted by molar-refractivity contribution is 5.37. The number of rotatable bonds is 5. The molecule has 2 saturated carbocycles. The molecule has 1 heterocycles. The second kappa shape index (κ2) is 3.81. The molecule has 2 aliphatic rings. The van der Waals surface area contributed by atoms with Crippen LogP contribution in [0.2, 0.25) is 0 Å². The summed E-state index contributed by atoms with van der Waals surface area (Å²) >= 11 is 0. The lowest BCUT2D eigenvalue weighted by atomic mass is 10.3. The van der Waals surface area contributed by atoms with Crippen molar-refractivity contribution in [3.8, 4) is 0 Å². The lowest BCUT2D eigenvalue weighted by molar-refractivity contribution is 0.675. The van der Waals surface area contributed by atoms with Crippen molar-refractivity contribution in [3.63, 3.8) is 0 Å². The average Bonchev–Trinajstić information content (AvgIpc) is 3.10. The molecule has 1 aromatic heterocycles. The molecule has 1 aromatic rings. The average molecular weight is 203 g/mol. The minimum atomic E-state index is 0.684. The molecule has 0 unspecified atom stereocenters. The van der Waals surface area contributed by atoms with E-state index in [1.54, 1.807) is 0 Å². The zero-order valence-corrected chi connectivity index (χ0v) is 8.87. The molecule has 80 valence electrons. The first-order valence-corrected chi connectivity index (χ1v) is 5.86. The summed E-state index contributed by atoms with van der Waals surface area (Å²) in [6, 6.07) is 7.67. The van der Waals surface area contributed by atoms with Crippen molar-refractivity contribution in [1.29, 1.82) is 0 Å². The van der Waals surface area contributed by atoms with Crippen LogP contribution in [0, 0.1) is 0 Å². The Morgan fingerprint density at radius 2 is 1.93 bits per heavy atom. The molecule has 15 heavy (non-hydrogen) atoms. The molecule has 0 aromatic carbocycles. The Morgan fingerprint density at radius 3 is 2.67 bits per heavy atom. The van der Waals surface area contributed by atoms with Gasteiger partial charge in [0.05, 0.1) is 5.69 Å². The molecule has 3 rings (SSSR count). The Balaban J connectivity index is 1.59. The van der Waals surface area contributed by atoms with Gasteiger partial charge in [-0.05, 0) is 37.8 Å². The number of anilines is 1. The van der Waals surface area contributed by atoms with Crippen LogP contribution in [0.5, 0.6) is 0 Å². The third-order valence-corrected chi connectivity index (χ3v) is 2.89. The van der Waals surface area contributed by atoms with Gasteiger partial charge < -0.3 is 10.6 Å². The summed E-state index contributed by atoms with van der Waals surface area (Å²) in [6.45, 7) is 0.908. The first-order chi connectivity index (χ1) is 7.40. The molecule has 0 bridgehead atoms.